The van der Waals surface area contributed by atoms with Gasteiger partial charge in [-0.05, 0) is 0 Å². The minimum absolute atomic E-state index is 0.220. The third-order valence-electron chi connectivity index (χ3n) is 1.48. The van der Waals surface area contributed by atoms with Gasteiger partial charge in [-0.3, -0.25) is 0 Å². The molecule has 0 saturated heterocycles. The first-order chi connectivity index (χ1) is 6.65. The standard InChI is InChI=1S/C9H8F4O/c10-4-9(5-11)14-8-2-6(12)1-7(13)3-8/h1-3,9H,4-5H2. The zero-order valence-electron chi connectivity index (χ0n) is 7.14. The van der Waals surface area contributed by atoms with Gasteiger partial charge in [0, 0.05) is 18.2 Å². The summed E-state index contributed by atoms with van der Waals surface area (Å²) in [6.45, 7) is -2.09. The van der Waals surface area contributed by atoms with Crippen LogP contribution in [-0.4, -0.2) is 19.5 Å². The first-order valence-corrected chi connectivity index (χ1v) is 3.90. The summed E-state index contributed by atoms with van der Waals surface area (Å²) in [6, 6.07) is 2.37. The van der Waals surface area contributed by atoms with E-state index < -0.39 is 31.1 Å². The monoisotopic (exact) mass is 208 g/mol. The van der Waals surface area contributed by atoms with Gasteiger partial charge >= 0.3 is 0 Å². The third kappa shape index (κ3) is 2.90. The zero-order chi connectivity index (χ0) is 10.6. The fourth-order valence-electron chi connectivity index (χ4n) is 0.893. The van der Waals surface area contributed by atoms with Crippen molar-refractivity contribution < 1.29 is 22.3 Å². The van der Waals surface area contributed by atoms with Crippen LogP contribution in [0.25, 0.3) is 0 Å². The van der Waals surface area contributed by atoms with Gasteiger partial charge in [0.2, 0.25) is 0 Å². The zero-order valence-corrected chi connectivity index (χ0v) is 7.14. The Morgan fingerprint density at radius 1 is 1.00 bits per heavy atom. The molecule has 5 heteroatoms. The van der Waals surface area contributed by atoms with Crippen LogP contribution in [0.15, 0.2) is 18.2 Å². The fourth-order valence-corrected chi connectivity index (χ4v) is 0.893. The van der Waals surface area contributed by atoms with Gasteiger partial charge in [0.1, 0.15) is 30.7 Å². The average Bonchev–Trinajstić information content (AvgIpc) is 2.12. The van der Waals surface area contributed by atoms with Gasteiger partial charge in [-0.1, -0.05) is 0 Å². The van der Waals surface area contributed by atoms with Crippen molar-refractivity contribution in [3.05, 3.63) is 29.8 Å². The normalized spacial score (nSPS) is 10.6. The Morgan fingerprint density at radius 2 is 1.50 bits per heavy atom. The van der Waals surface area contributed by atoms with Gasteiger partial charge in [0.15, 0.2) is 6.10 Å². The number of hydrogen-bond donors (Lipinski definition) is 0. The molecule has 1 nitrogen and oxygen atoms in total. The van der Waals surface area contributed by atoms with Crippen LogP contribution in [0.2, 0.25) is 0 Å². The van der Waals surface area contributed by atoms with Gasteiger partial charge in [-0.2, -0.15) is 0 Å². The second kappa shape index (κ2) is 4.83. The molecule has 0 aromatic heterocycles. The summed E-state index contributed by atoms with van der Waals surface area (Å²) < 4.78 is 53.8. The highest BCUT2D eigenvalue weighted by atomic mass is 19.1. The highest BCUT2D eigenvalue weighted by Crippen LogP contribution is 2.17. The van der Waals surface area contributed by atoms with Crippen LogP contribution in [0.5, 0.6) is 5.75 Å². The predicted molar refractivity (Wildman–Crippen MR) is 42.7 cm³/mol. The van der Waals surface area contributed by atoms with Crippen molar-refractivity contribution in [2.24, 2.45) is 0 Å². The average molecular weight is 208 g/mol. The Morgan fingerprint density at radius 3 is 1.93 bits per heavy atom. The Balaban J connectivity index is 2.75. The van der Waals surface area contributed by atoms with Crippen LogP contribution in [-0.2, 0) is 0 Å². The van der Waals surface area contributed by atoms with E-state index in [2.05, 4.69) is 4.74 Å². The molecule has 1 aromatic carbocycles. The topological polar surface area (TPSA) is 9.23 Å². The largest absolute Gasteiger partial charge is 0.485 e. The third-order valence-corrected chi connectivity index (χ3v) is 1.48. The molecule has 0 heterocycles. The summed E-state index contributed by atoms with van der Waals surface area (Å²) in [5, 5.41) is 0. The fraction of sp³-hybridized carbons (Fsp3) is 0.333. The number of halogens is 4. The van der Waals surface area contributed by atoms with Gasteiger partial charge in [0.25, 0.3) is 0 Å². The summed E-state index contributed by atoms with van der Waals surface area (Å²) in [5.74, 6) is -1.92. The summed E-state index contributed by atoms with van der Waals surface area (Å²) >= 11 is 0. The minimum atomic E-state index is -1.31. The molecule has 78 valence electrons. The molecule has 0 radical (unpaired) electrons. The molecule has 0 N–H and O–H groups in total. The molecule has 0 bridgehead atoms. The van der Waals surface area contributed by atoms with Crippen molar-refractivity contribution in [1.82, 2.24) is 0 Å². The lowest BCUT2D eigenvalue weighted by Gasteiger charge is -2.12. The van der Waals surface area contributed by atoms with E-state index in [0.29, 0.717) is 6.07 Å². The van der Waals surface area contributed by atoms with Crippen molar-refractivity contribution >= 4 is 0 Å². The number of rotatable bonds is 4. The first-order valence-electron chi connectivity index (χ1n) is 3.90. The number of hydrogen-bond acceptors (Lipinski definition) is 1. The lowest BCUT2D eigenvalue weighted by Crippen LogP contribution is -2.21. The Bertz CT molecular complexity index is 279. The lowest BCUT2D eigenvalue weighted by molar-refractivity contribution is 0.133. The Hall–Kier alpha value is -1.26. The second-order valence-electron chi connectivity index (χ2n) is 2.65. The minimum Gasteiger partial charge on any atom is -0.485 e. The van der Waals surface area contributed by atoms with E-state index in [1.807, 2.05) is 0 Å². The van der Waals surface area contributed by atoms with Crippen LogP contribution in [0, 0.1) is 11.6 Å². The highest BCUT2D eigenvalue weighted by molar-refractivity contribution is 5.24. The molecule has 1 aromatic rings. The van der Waals surface area contributed by atoms with E-state index in [4.69, 9.17) is 0 Å². The predicted octanol–water partition coefficient (Wildman–Crippen LogP) is 2.65. The van der Waals surface area contributed by atoms with Gasteiger partial charge in [-0.15, -0.1) is 0 Å². The van der Waals surface area contributed by atoms with E-state index in [-0.39, 0.29) is 5.75 Å². The van der Waals surface area contributed by atoms with Crippen molar-refractivity contribution in [2.75, 3.05) is 13.3 Å². The summed E-state index contributed by atoms with van der Waals surface area (Å²) in [6.07, 6.45) is -1.31. The van der Waals surface area contributed by atoms with Crippen LogP contribution in [0.4, 0.5) is 17.6 Å². The van der Waals surface area contributed by atoms with Gasteiger partial charge < -0.3 is 4.74 Å². The first kappa shape index (κ1) is 10.8. The summed E-state index contributed by atoms with van der Waals surface area (Å²) in [4.78, 5) is 0. The van der Waals surface area contributed by atoms with Crippen LogP contribution in [0.1, 0.15) is 0 Å². The molecule has 0 aliphatic carbocycles. The smallest absolute Gasteiger partial charge is 0.155 e. The molecule has 0 atom stereocenters. The van der Waals surface area contributed by atoms with Gasteiger partial charge in [0.05, 0.1) is 0 Å². The van der Waals surface area contributed by atoms with E-state index in [0.717, 1.165) is 12.1 Å². The lowest BCUT2D eigenvalue weighted by atomic mass is 10.3. The number of benzene rings is 1. The van der Waals surface area contributed by atoms with E-state index >= 15 is 0 Å². The van der Waals surface area contributed by atoms with E-state index in [1.165, 1.54) is 0 Å². The maximum absolute atomic E-state index is 12.6. The van der Waals surface area contributed by atoms with E-state index in [1.54, 1.807) is 0 Å². The van der Waals surface area contributed by atoms with Gasteiger partial charge in [-0.25, -0.2) is 17.6 Å². The number of alkyl halides is 2. The molecule has 0 amide bonds. The number of ether oxygens (including phenoxy) is 1. The molecule has 0 saturated carbocycles. The van der Waals surface area contributed by atoms with Crippen LogP contribution in [0.3, 0.4) is 0 Å². The molecule has 14 heavy (non-hydrogen) atoms. The summed E-state index contributed by atoms with van der Waals surface area (Å²) in [7, 11) is 0. The Labute approximate surface area is 78.3 Å². The van der Waals surface area contributed by atoms with E-state index in [9.17, 15) is 17.6 Å². The molecular formula is C9H8F4O. The summed E-state index contributed by atoms with van der Waals surface area (Å²) in [5.41, 5.74) is 0. The maximum atomic E-state index is 12.6. The molecular weight excluding hydrogens is 200 g/mol. The Kier molecular flexibility index (Phi) is 3.73. The van der Waals surface area contributed by atoms with Crippen LogP contribution >= 0.6 is 0 Å². The second-order valence-corrected chi connectivity index (χ2v) is 2.65. The van der Waals surface area contributed by atoms with Crippen molar-refractivity contribution in [2.45, 2.75) is 6.10 Å². The van der Waals surface area contributed by atoms with Crippen molar-refractivity contribution in [3.63, 3.8) is 0 Å². The molecule has 0 aliphatic heterocycles. The molecule has 1 rings (SSSR count). The molecule has 0 fully saturated rings. The SMILES string of the molecule is FCC(CF)Oc1cc(F)cc(F)c1. The van der Waals surface area contributed by atoms with Crippen LogP contribution < -0.4 is 4.74 Å². The quantitative estimate of drug-likeness (QED) is 0.691. The molecule has 0 spiro atoms. The molecule has 0 unspecified atom stereocenters. The maximum Gasteiger partial charge on any atom is 0.155 e. The highest BCUT2D eigenvalue weighted by Gasteiger charge is 2.10. The van der Waals surface area contributed by atoms with Crippen molar-refractivity contribution in [1.29, 1.82) is 0 Å². The van der Waals surface area contributed by atoms with Crippen molar-refractivity contribution in [3.8, 4) is 5.75 Å². The molecule has 0 aliphatic rings.